The molecule has 2 rings (SSSR count). The molecule has 4 nitrogen and oxygen atoms in total. The number of halogens is 2. The number of hydrazine groups is 1. The predicted molar refractivity (Wildman–Crippen MR) is 76.4 cm³/mol. The molecule has 7 heteroatoms. The topological polar surface area (TPSA) is 68.3 Å². The number of hydrogen-bond acceptors (Lipinski definition) is 4. The van der Waals surface area contributed by atoms with Crippen LogP contribution in [-0.4, -0.2) is 5.91 Å². The van der Waals surface area contributed by atoms with Crippen LogP contribution in [0.4, 0.5) is 0 Å². The van der Waals surface area contributed by atoms with Crippen molar-refractivity contribution in [1.82, 2.24) is 5.43 Å². The van der Waals surface area contributed by atoms with Gasteiger partial charge < -0.3 is 4.42 Å². The first-order chi connectivity index (χ1) is 9.10. The first-order valence-electron chi connectivity index (χ1n) is 5.27. The number of rotatable bonds is 4. The maximum atomic E-state index is 11.2. The number of furan rings is 1. The van der Waals surface area contributed by atoms with Crippen LogP contribution in [0, 0.1) is 0 Å². The van der Waals surface area contributed by atoms with Crippen molar-refractivity contribution in [3.05, 3.63) is 51.9 Å². The molecular weight excluding hydrogens is 307 g/mol. The van der Waals surface area contributed by atoms with E-state index >= 15 is 0 Å². The second kappa shape index (κ2) is 6.34. The summed E-state index contributed by atoms with van der Waals surface area (Å²) in [5, 5.41) is 1.03. The lowest BCUT2D eigenvalue weighted by Crippen LogP contribution is -2.29. The van der Waals surface area contributed by atoms with Gasteiger partial charge in [0.05, 0.1) is 15.8 Å². The van der Waals surface area contributed by atoms with Gasteiger partial charge in [0.2, 0.25) is 0 Å². The Morgan fingerprint density at radius 3 is 2.74 bits per heavy atom. The molecule has 19 heavy (non-hydrogen) atoms. The highest BCUT2D eigenvalue weighted by molar-refractivity contribution is 7.98. The maximum Gasteiger partial charge on any atom is 0.300 e. The average Bonchev–Trinajstić information content (AvgIpc) is 2.88. The minimum Gasteiger partial charge on any atom is -0.455 e. The Bertz CT molecular complexity index is 601. The number of carbonyl (C=O) groups excluding carboxylic acids is 1. The van der Waals surface area contributed by atoms with Crippen LogP contribution in [0.5, 0.6) is 0 Å². The Balaban J connectivity index is 2.00. The molecule has 0 unspecified atom stereocenters. The summed E-state index contributed by atoms with van der Waals surface area (Å²) in [5.41, 5.74) is 2.01. The van der Waals surface area contributed by atoms with E-state index in [0.29, 0.717) is 21.6 Å². The predicted octanol–water partition coefficient (Wildman–Crippen LogP) is 3.48. The minimum atomic E-state index is -0.453. The molecule has 1 aromatic carbocycles. The Labute approximate surface area is 124 Å². The van der Waals surface area contributed by atoms with Gasteiger partial charge in [0.15, 0.2) is 5.76 Å². The van der Waals surface area contributed by atoms with Gasteiger partial charge in [0.1, 0.15) is 5.76 Å². The van der Waals surface area contributed by atoms with Gasteiger partial charge in [-0.25, -0.2) is 5.84 Å². The van der Waals surface area contributed by atoms with Crippen molar-refractivity contribution in [2.45, 2.75) is 10.6 Å². The maximum absolute atomic E-state index is 11.2. The molecule has 0 aliphatic heterocycles. The molecule has 0 aliphatic carbocycles. The van der Waals surface area contributed by atoms with Crippen LogP contribution in [0.3, 0.4) is 0 Å². The van der Waals surface area contributed by atoms with Crippen LogP contribution in [-0.2, 0) is 5.75 Å². The van der Waals surface area contributed by atoms with Gasteiger partial charge in [-0.1, -0.05) is 23.2 Å². The summed E-state index contributed by atoms with van der Waals surface area (Å²) < 4.78 is 5.34. The van der Waals surface area contributed by atoms with Gasteiger partial charge in [-0.2, -0.15) is 0 Å². The molecule has 0 radical (unpaired) electrons. The molecule has 1 heterocycles. The number of carbonyl (C=O) groups is 1. The van der Waals surface area contributed by atoms with Crippen LogP contribution in [0.2, 0.25) is 10.0 Å². The second-order valence-corrected chi connectivity index (χ2v) is 5.47. The first-order valence-corrected chi connectivity index (χ1v) is 7.02. The van der Waals surface area contributed by atoms with Crippen molar-refractivity contribution in [3.8, 4) is 0 Å². The fraction of sp³-hybridized carbons (Fsp3) is 0.0833. The number of nitrogen functional groups attached to an aromatic ring is 1. The van der Waals surface area contributed by atoms with Crippen LogP contribution in [0.1, 0.15) is 16.3 Å². The minimum absolute atomic E-state index is 0.187. The third-order valence-electron chi connectivity index (χ3n) is 2.29. The third kappa shape index (κ3) is 3.67. The van der Waals surface area contributed by atoms with E-state index in [0.717, 1.165) is 4.90 Å². The molecule has 3 N–H and O–H groups in total. The Kier molecular flexibility index (Phi) is 4.76. The molecule has 0 fully saturated rings. The zero-order valence-electron chi connectivity index (χ0n) is 9.65. The lowest BCUT2D eigenvalue weighted by molar-refractivity contribution is 0.0924. The lowest BCUT2D eigenvalue weighted by Gasteiger charge is -2.01. The van der Waals surface area contributed by atoms with Crippen molar-refractivity contribution < 1.29 is 9.21 Å². The van der Waals surface area contributed by atoms with Crippen molar-refractivity contribution >= 4 is 40.9 Å². The van der Waals surface area contributed by atoms with Crippen LogP contribution in [0.15, 0.2) is 39.6 Å². The molecular formula is C12H10Cl2N2O2S. The van der Waals surface area contributed by atoms with E-state index in [1.165, 1.54) is 11.8 Å². The fourth-order valence-electron chi connectivity index (χ4n) is 1.37. The number of benzene rings is 1. The molecule has 1 aromatic heterocycles. The quantitative estimate of drug-likeness (QED) is 0.392. The summed E-state index contributed by atoms with van der Waals surface area (Å²) in [5.74, 6) is 6.01. The molecule has 0 spiro atoms. The molecule has 0 saturated carbocycles. The Morgan fingerprint density at radius 2 is 2.05 bits per heavy atom. The summed E-state index contributed by atoms with van der Waals surface area (Å²) in [6, 6.07) is 8.70. The number of amides is 1. The Hall–Kier alpha value is -1.14. The average molecular weight is 317 g/mol. The molecule has 0 bridgehead atoms. The molecule has 0 atom stereocenters. The van der Waals surface area contributed by atoms with E-state index in [1.54, 1.807) is 24.3 Å². The zero-order valence-corrected chi connectivity index (χ0v) is 12.0. The molecule has 0 aliphatic rings. The van der Waals surface area contributed by atoms with Gasteiger partial charge in [0, 0.05) is 4.90 Å². The first kappa shape index (κ1) is 14.3. The summed E-state index contributed by atoms with van der Waals surface area (Å²) in [6.07, 6.45) is 0. The number of nitrogens with two attached hydrogens (primary N) is 1. The van der Waals surface area contributed by atoms with Gasteiger partial charge in [-0.15, -0.1) is 11.8 Å². The van der Waals surface area contributed by atoms with Crippen LogP contribution >= 0.6 is 35.0 Å². The molecule has 0 saturated heterocycles. The highest BCUT2D eigenvalue weighted by Gasteiger charge is 2.09. The standard InChI is InChI=1S/C12H10Cl2N2O2S/c13-9-3-2-8(5-10(9)14)19-6-7-1-4-11(18-7)12(17)16-15/h1-5H,6,15H2,(H,16,17). The SMILES string of the molecule is NNC(=O)c1ccc(CSc2ccc(Cl)c(Cl)c2)o1. The molecule has 100 valence electrons. The summed E-state index contributed by atoms with van der Waals surface area (Å²) in [7, 11) is 0. The number of thioether (sulfide) groups is 1. The summed E-state index contributed by atoms with van der Waals surface area (Å²) in [4.78, 5) is 12.2. The largest absolute Gasteiger partial charge is 0.455 e. The van der Waals surface area contributed by atoms with Gasteiger partial charge in [-0.05, 0) is 30.3 Å². The monoisotopic (exact) mass is 316 g/mol. The normalized spacial score (nSPS) is 10.5. The van der Waals surface area contributed by atoms with Crippen molar-refractivity contribution in [3.63, 3.8) is 0 Å². The van der Waals surface area contributed by atoms with E-state index in [1.807, 2.05) is 11.5 Å². The van der Waals surface area contributed by atoms with Crippen LogP contribution < -0.4 is 11.3 Å². The summed E-state index contributed by atoms with van der Waals surface area (Å²) >= 11 is 13.3. The molecule has 2 aromatic rings. The number of hydrogen-bond donors (Lipinski definition) is 2. The van der Waals surface area contributed by atoms with E-state index in [4.69, 9.17) is 33.5 Å². The van der Waals surface area contributed by atoms with Crippen molar-refractivity contribution in [2.75, 3.05) is 0 Å². The zero-order chi connectivity index (χ0) is 13.8. The van der Waals surface area contributed by atoms with Gasteiger partial charge in [0.25, 0.3) is 0 Å². The van der Waals surface area contributed by atoms with E-state index < -0.39 is 5.91 Å². The highest BCUT2D eigenvalue weighted by atomic mass is 35.5. The fourth-order valence-corrected chi connectivity index (χ4v) is 2.56. The lowest BCUT2D eigenvalue weighted by atomic mass is 10.4. The third-order valence-corrected chi connectivity index (χ3v) is 4.04. The van der Waals surface area contributed by atoms with E-state index in [9.17, 15) is 4.79 Å². The van der Waals surface area contributed by atoms with E-state index in [-0.39, 0.29) is 5.76 Å². The molecule has 1 amide bonds. The second-order valence-electron chi connectivity index (χ2n) is 3.60. The van der Waals surface area contributed by atoms with E-state index in [2.05, 4.69) is 0 Å². The van der Waals surface area contributed by atoms with Crippen molar-refractivity contribution in [1.29, 1.82) is 0 Å². The highest BCUT2D eigenvalue weighted by Crippen LogP contribution is 2.30. The van der Waals surface area contributed by atoms with Gasteiger partial charge in [-0.3, -0.25) is 10.2 Å². The Morgan fingerprint density at radius 1 is 1.26 bits per heavy atom. The van der Waals surface area contributed by atoms with Crippen molar-refractivity contribution in [2.24, 2.45) is 5.84 Å². The smallest absolute Gasteiger partial charge is 0.300 e. The number of nitrogens with one attached hydrogen (secondary N) is 1. The van der Waals surface area contributed by atoms with Crippen LogP contribution in [0.25, 0.3) is 0 Å². The van der Waals surface area contributed by atoms with Gasteiger partial charge >= 0.3 is 5.91 Å². The summed E-state index contributed by atoms with van der Waals surface area (Å²) in [6.45, 7) is 0.